The summed E-state index contributed by atoms with van der Waals surface area (Å²) in [6.45, 7) is 1.48. The number of rotatable bonds is 6. The number of aromatic nitrogens is 2. The number of Topliss-reactive ketones (excluding diaryl/α,β-unsaturated/α-hetero) is 1. The number of morpholine rings is 1. The molecule has 2 heterocycles. The van der Waals surface area contributed by atoms with Crippen molar-refractivity contribution in [2.45, 2.75) is 25.3 Å². The summed E-state index contributed by atoms with van der Waals surface area (Å²) in [5.41, 5.74) is 1.72. The normalized spacial score (nSPS) is 17.5. The van der Waals surface area contributed by atoms with Crippen molar-refractivity contribution < 1.29 is 14.3 Å². The van der Waals surface area contributed by atoms with Crippen molar-refractivity contribution in [3.8, 4) is 0 Å². The van der Waals surface area contributed by atoms with E-state index in [2.05, 4.69) is 5.10 Å². The summed E-state index contributed by atoms with van der Waals surface area (Å²) in [5, 5.41) is 4.12. The number of hydrogen-bond donors (Lipinski definition) is 0. The zero-order chi connectivity index (χ0) is 17.6. The van der Waals surface area contributed by atoms with Crippen LogP contribution in [0.25, 0.3) is 0 Å². The van der Waals surface area contributed by atoms with Crippen molar-refractivity contribution >= 4 is 11.7 Å². The zero-order valence-corrected chi connectivity index (χ0v) is 14.4. The minimum atomic E-state index is -0.192. The van der Waals surface area contributed by atoms with Crippen LogP contribution < -0.4 is 0 Å². The number of carbonyl (C=O) groups excluding carboxylic acids is 2. The average Bonchev–Trinajstić information content (AvgIpc) is 3.06. The van der Waals surface area contributed by atoms with Crippen LogP contribution in [0.1, 0.15) is 28.8 Å². The quantitative estimate of drug-likeness (QED) is 0.752. The van der Waals surface area contributed by atoms with Crippen molar-refractivity contribution in [3.63, 3.8) is 0 Å². The summed E-state index contributed by atoms with van der Waals surface area (Å²) in [6, 6.07) is 9.00. The average molecular weight is 341 g/mol. The Hall–Kier alpha value is -2.47. The smallest absolute Gasteiger partial charge is 0.223 e. The van der Waals surface area contributed by atoms with Crippen molar-refractivity contribution in [2.24, 2.45) is 7.05 Å². The summed E-state index contributed by atoms with van der Waals surface area (Å²) >= 11 is 0. The monoisotopic (exact) mass is 341 g/mol. The lowest BCUT2D eigenvalue weighted by atomic mass is 10.0. The maximum atomic E-state index is 12.6. The van der Waals surface area contributed by atoms with Crippen LogP contribution >= 0.6 is 0 Å². The Labute approximate surface area is 147 Å². The molecule has 0 aliphatic carbocycles. The second-order valence-electron chi connectivity index (χ2n) is 6.33. The lowest BCUT2D eigenvalue weighted by Crippen LogP contribution is -2.49. The highest BCUT2D eigenvalue weighted by Crippen LogP contribution is 2.16. The topological polar surface area (TPSA) is 64.4 Å². The standard InChI is InChI=1S/C19H23N3O3/c1-21-13-15(12-20-21)7-8-19(24)22-9-10-25-14-17(22)11-18(23)16-5-3-2-4-6-16/h2-6,12-13,17H,7-11,14H2,1H3/t17-/m1/s1. The molecule has 2 aromatic rings. The van der Waals surface area contributed by atoms with Gasteiger partial charge in [0, 0.05) is 38.2 Å². The highest BCUT2D eigenvalue weighted by Gasteiger charge is 2.29. The van der Waals surface area contributed by atoms with Crippen LogP contribution in [0.4, 0.5) is 0 Å². The van der Waals surface area contributed by atoms with Crippen LogP contribution in [0.15, 0.2) is 42.7 Å². The van der Waals surface area contributed by atoms with Gasteiger partial charge >= 0.3 is 0 Å². The Morgan fingerprint density at radius 3 is 2.80 bits per heavy atom. The van der Waals surface area contributed by atoms with Crippen LogP contribution in [0, 0.1) is 0 Å². The second kappa shape index (κ2) is 8.07. The molecule has 3 rings (SSSR count). The van der Waals surface area contributed by atoms with E-state index in [1.54, 1.807) is 27.9 Å². The number of ketones is 1. The van der Waals surface area contributed by atoms with Gasteiger partial charge in [-0.15, -0.1) is 0 Å². The molecule has 132 valence electrons. The molecule has 1 saturated heterocycles. The van der Waals surface area contributed by atoms with Crippen LogP contribution in [0.5, 0.6) is 0 Å². The highest BCUT2D eigenvalue weighted by molar-refractivity contribution is 5.96. The summed E-state index contributed by atoms with van der Waals surface area (Å²) in [5.74, 6) is 0.110. The van der Waals surface area contributed by atoms with Crippen molar-refractivity contribution in [3.05, 3.63) is 53.9 Å². The van der Waals surface area contributed by atoms with Gasteiger partial charge in [-0.05, 0) is 12.0 Å². The molecule has 6 heteroatoms. The number of nitrogens with zero attached hydrogens (tertiary/aromatic N) is 3. The first kappa shape index (κ1) is 17.4. The molecule has 1 aliphatic heterocycles. The molecule has 0 N–H and O–H groups in total. The number of aryl methyl sites for hydroxylation is 2. The number of carbonyl (C=O) groups is 2. The first-order valence-corrected chi connectivity index (χ1v) is 8.56. The van der Waals surface area contributed by atoms with Gasteiger partial charge in [0.1, 0.15) is 0 Å². The SMILES string of the molecule is Cn1cc(CCC(=O)N2CCOC[C@H]2CC(=O)c2ccccc2)cn1. The maximum Gasteiger partial charge on any atom is 0.223 e. The van der Waals surface area contributed by atoms with Gasteiger partial charge < -0.3 is 9.64 Å². The first-order valence-electron chi connectivity index (χ1n) is 8.56. The van der Waals surface area contributed by atoms with Crippen LogP contribution in [0.2, 0.25) is 0 Å². The van der Waals surface area contributed by atoms with E-state index < -0.39 is 0 Å². The molecule has 1 amide bonds. The van der Waals surface area contributed by atoms with Gasteiger partial charge in [0.05, 0.1) is 25.5 Å². The largest absolute Gasteiger partial charge is 0.377 e. The van der Waals surface area contributed by atoms with E-state index in [-0.39, 0.29) is 17.7 Å². The number of hydrogen-bond acceptors (Lipinski definition) is 4. The Bertz CT molecular complexity index is 727. The van der Waals surface area contributed by atoms with Gasteiger partial charge in [-0.25, -0.2) is 0 Å². The molecule has 0 saturated carbocycles. The molecule has 1 aliphatic rings. The molecular weight excluding hydrogens is 318 g/mol. The maximum absolute atomic E-state index is 12.6. The van der Waals surface area contributed by atoms with E-state index in [0.717, 1.165) is 5.56 Å². The van der Waals surface area contributed by atoms with Crippen LogP contribution in [-0.2, 0) is 23.0 Å². The summed E-state index contributed by atoms with van der Waals surface area (Å²) < 4.78 is 7.24. The molecule has 0 radical (unpaired) electrons. The molecular formula is C19H23N3O3. The lowest BCUT2D eigenvalue weighted by molar-refractivity contribution is -0.139. The van der Waals surface area contributed by atoms with Gasteiger partial charge in [-0.2, -0.15) is 5.10 Å². The third-order valence-electron chi connectivity index (χ3n) is 4.45. The van der Waals surface area contributed by atoms with Gasteiger partial charge in [0.15, 0.2) is 5.78 Å². The number of benzene rings is 1. The van der Waals surface area contributed by atoms with E-state index in [1.807, 2.05) is 31.4 Å². The lowest BCUT2D eigenvalue weighted by Gasteiger charge is -2.35. The third-order valence-corrected chi connectivity index (χ3v) is 4.45. The van der Waals surface area contributed by atoms with E-state index in [1.165, 1.54) is 0 Å². The summed E-state index contributed by atoms with van der Waals surface area (Å²) in [4.78, 5) is 26.9. The minimum absolute atomic E-state index is 0.0427. The summed E-state index contributed by atoms with van der Waals surface area (Å²) in [6.07, 6.45) is 5.07. The van der Waals surface area contributed by atoms with Crippen LogP contribution in [-0.4, -0.2) is 52.2 Å². The fraction of sp³-hybridized carbons (Fsp3) is 0.421. The Balaban J connectivity index is 1.60. The van der Waals surface area contributed by atoms with E-state index in [9.17, 15) is 9.59 Å². The predicted molar refractivity (Wildman–Crippen MR) is 93.2 cm³/mol. The van der Waals surface area contributed by atoms with Gasteiger partial charge in [0.2, 0.25) is 5.91 Å². The van der Waals surface area contributed by atoms with Gasteiger partial charge in [-0.3, -0.25) is 14.3 Å². The Kier molecular flexibility index (Phi) is 5.60. The van der Waals surface area contributed by atoms with E-state index in [4.69, 9.17) is 4.74 Å². The molecule has 1 aromatic heterocycles. The van der Waals surface area contributed by atoms with Crippen molar-refractivity contribution in [1.82, 2.24) is 14.7 Å². The van der Waals surface area contributed by atoms with Gasteiger partial charge in [0.25, 0.3) is 0 Å². The number of amides is 1. The Morgan fingerprint density at radius 1 is 1.28 bits per heavy atom. The summed E-state index contributed by atoms with van der Waals surface area (Å²) in [7, 11) is 1.86. The minimum Gasteiger partial charge on any atom is -0.377 e. The fourth-order valence-electron chi connectivity index (χ4n) is 3.10. The van der Waals surface area contributed by atoms with E-state index >= 15 is 0 Å². The van der Waals surface area contributed by atoms with E-state index in [0.29, 0.717) is 44.6 Å². The fourth-order valence-corrected chi connectivity index (χ4v) is 3.10. The second-order valence-corrected chi connectivity index (χ2v) is 6.33. The molecule has 1 atom stereocenters. The molecule has 0 bridgehead atoms. The zero-order valence-electron chi connectivity index (χ0n) is 14.4. The first-order chi connectivity index (χ1) is 12.1. The molecule has 6 nitrogen and oxygen atoms in total. The molecule has 0 unspecified atom stereocenters. The Morgan fingerprint density at radius 2 is 2.08 bits per heavy atom. The molecule has 1 aromatic carbocycles. The van der Waals surface area contributed by atoms with Crippen LogP contribution in [0.3, 0.4) is 0 Å². The van der Waals surface area contributed by atoms with Crippen molar-refractivity contribution in [1.29, 1.82) is 0 Å². The number of ether oxygens (including phenoxy) is 1. The van der Waals surface area contributed by atoms with Crippen molar-refractivity contribution in [2.75, 3.05) is 19.8 Å². The molecule has 0 spiro atoms. The molecule has 25 heavy (non-hydrogen) atoms. The van der Waals surface area contributed by atoms with Gasteiger partial charge in [-0.1, -0.05) is 30.3 Å². The predicted octanol–water partition coefficient (Wildman–Crippen LogP) is 1.85. The molecule has 1 fully saturated rings. The third kappa shape index (κ3) is 4.54. The highest BCUT2D eigenvalue weighted by atomic mass is 16.5.